The van der Waals surface area contributed by atoms with Crippen molar-refractivity contribution in [2.75, 3.05) is 25.2 Å². The first kappa shape index (κ1) is 17.7. The van der Waals surface area contributed by atoms with Gasteiger partial charge in [-0.15, -0.1) is 0 Å². The normalized spacial score (nSPS) is 13.9. The van der Waals surface area contributed by atoms with E-state index in [1.807, 2.05) is 0 Å². The standard InChI is InChI=1S/C14H31O3P/c1-5-8-11-18(4,12-9-6-2,13-10-7-3)17-14(15)16/h5-13H2,1-4H3,(H,15,16). The van der Waals surface area contributed by atoms with Crippen LogP contribution in [0.15, 0.2) is 0 Å². The van der Waals surface area contributed by atoms with Crippen LogP contribution in [0.1, 0.15) is 59.3 Å². The van der Waals surface area contributed by atoms with Crippen LogP contribution in [-0.4, -0.2) is 36.4 Å². The van der Waals surface area contributed by atoms with Crippen molar-refractivity contribution in [3.63, 3.8) is 0 Å². The Bertz CT molecular complexity index is 229. The van der Waals surface area contributed by atoms with Crippen LogP contribution >= 0.6 is 6.83 Å². The molecule has 1 N–H and O–H groups in total. The van der Waals surface area contributed by atoms with E-state index in [1.165, 1.54) is 0 Å². The van der Waals surface area contributed by atoms with Crippen molar-refractivity contribution in [3.8, 4) is 0 Å². The molecule has 0 aromatic rings. The van der Waals surface area contributed by atoms with E-state index in [2.05, 4.69) is 27.4 Å². The van der Waals surface area contributed by atoms with Crippen LogP contribution in [0.5, 0.6) is 0 Å². The van der Waals surface area contributed by atoms with E-state index in [0.717, 1.165) is 57.0 Å². The third kappa shape index (κ3) is 6.04. The quantitative estimate of drug-likeness (QED) is 0.560. The number of hydrogen-bond acceptors (Lipinski definition) is 2. The van der Waals surface area contributed by atoms with Crippen LogP contribution in [0.3, 0.4) is 0 Å². The topological polar surface area (TPSA) is 46.5 Å². The fourth-order valence-corrected chi connectivity index (χ4v) is 7.59. The first-order valence-electron chi connectivity index (χ1n) is 7.33. The molecule has 3 nitrogen and oxygen atoms in total. The first-order valence-corrected chi connectivity index (χ1v) is 10.5. The molecule has 4 heteroatoms. The van der Waals surface area contributed by atoms with Gasteiger partial charge in [0.05, 0.1) is 0 Å². The van der Waals surface area contributed by atoms with Gasteiger partial charge in [-0.1, -0.05) is 0 Å². The van der Waals surface area contributed by atoms with Crippen LogP contribution in [0.2, 0.25) is 0 Å². The van der Waals surface area contributed by atoms with Crippen LogP contribution in [0.4, 0.5) is 4.79 Å². The molecule has 0 aromatic heterocycles. The number of hydrogen-bond donors (Lipinski definition) is 1. The van der Waals surface area contributed by atoms with Gasteiger partial charge < -0.3 is 0 Å². The molecule has 0 spiro atoms. The zero-order valence-corrected chi connectivity index (χ0v) is 13.5. The number of carboxylic acid groups (broad SMARTS) is 1. The summed E-state index contributed by atoms with van der Waals surface area (Å²) in [7, 11) is 0. The molecule has 0 rings (SSSR count). The Morgan fingerprint density at radius 1 is 0.944 bits per heavy atom. The number of rotatable bonds is 10. The van der Waals surface area contributed by atoms with E-state index >= 15 is 0 Å². The second kappa shape index (κ2) is 7.99. The molecule has 0 aliphatic carbocycles. The molecule has 0 saturated carbocycles. The summed E-state index contributed by atoms with van der Waals surface area (Å²) in [6.45, 7) is 6.11. The van der Waals surface area contributed by atoms with Gasteiger partial charge in [0.15, 0.2) is 0 Å². The monoisotopic (exact) mass is 278 g/mol. The summed E-state index contributed by atoms with van der Waals surface area (Å²) in [5, 5.41) is 9.12. The van der Waals surface area contributed by atoms with E-state index in [0.29, 0.717) is 0 Å². The maximum absolute atomic E-state index is 11.1. The van der Waals surface area contributed by atoms with Gasteiger partial charge in [-0.3, -0.25) is 0 Å². The molecule has 0 atom stereocenters. The molecule has 0 amide bonds. The first-order chi connectivity index (χ1) is 8.40. The average Bonchev–Trinajstić information content (AvgIpc) is 2.32. The summed E-state index contributed by atoms with van der Waals surface area (Å²) in [6, 6.07) is 0. The summed E-state index contributed by atoms with van der Waals surface area (Å²) in [4.78, 5) is 11.1. The Kier molecular flexibility index (Phi) is 7.86. The Balaban J connectivity index is 5.00. The van der Waals surface area contributed by atoms with Gasteiger partial charge in [0.1, 0.15) is 0 Å². The van der Waals surface area contributed by atoms with Crippen molar-refractivity contribution in [2.24, 2.45) is 0 Å². The average molecular weight is 278 g/mol. The van der Waals surface area contributed by atoms with Gasteiger partial charge >= 0.3 is 112 Å². The predicted molar refractivity (Wildman–Crippen MR) is 81.3 cm³/mol. The molecule has 110 valence electrons. The van der Waals surface area contributed by atoms with Gasteiger partial charge in [0, 0.05) is 0 Å². The molecule has 0 unspecified atom stereocenters. The van der Waals surface area contributed by atoms with Crippen molar-refractivity contribution < 1.29 is 14.4 Å². The fraction of sp³-hybridized carbons (Fsp3) is 0.929. The van der Waals surface area contributed by atoms with Gasteiger partial charge in [-0.25, -0.2) is 0 Å². The van der Waals surface area contributed by atoms with E-state index in [-0.39, 0.29) is 0 Å². The van der Waals surface area contributed by atoms with Crippen molar-refractivity contribution in [2.45, 2.75) is 59.3 Å². The Hall–Kier alpha value is -0.300. The van der Waals surface area contributed by atoms with Crippen LogP contribution in [0, 0.1) is 0 Å². The molecule has 0 bridgehead atoms. The molecule has 0 saturated heterocycles. The van der Waals surface area contributed by atoms with Gasteiger partial charge in [0.25, 0.3) is 0 Å². The third-order valence-electron chi connectivity index (χ3n) is 3.79. The van der Waals surface area contributed by atoms with Crippen LogP contribution < -0.4 is 0 Å². The van der Waals surface area contributed by atoms with E-state index in [4.69, 9.17) is 9.63 Å². The Labute approximate surface area is 112 Å². The predicted octanol–water partition coefficient (Wildman–Crippen LogP) is 5.18. The number of carbonyl (C=O) groups is 1. The molecule has 0 aliphatic rings. The molecule has 0 aliphatic heterocycles. The van der Waals surface area contributed by atoms with Crippen molar-refractivity contribution in [3.05, 3.63) is 0 Å². The van der Waals surface area contributed by atoms with Gasteiger partial charge in [-0.2, -0.15) is 0 Å². The summed E-state index contributed by atoms with van der Waals surface area (Å²) in [5.74, 6) is 0. The van der Waals surface area contributed by atoms with Crippen LogP contribution in [-0.2, 0) is 4.52 Å². The summed E-state index contributed by atoms with van der Waals surface area (Å²) >= 11 is 0. The third-order valence-corrected chi connectivity index (χ3v) is 9.25. The van der Waals surface area contributed by atoms with Crippen molar-refractivity contribution in [1.82, 2.24) is 0 Å². The van der Waals surface area contributed by atoms with Gasteiger partial charge in [-0.05, 0) is 0 Å². The minimum atomic E-state index is -2.50. The molecule has 0 aromatic carbocycles. The van der Waals surface area contributed by atoms with Crippen molar-refractivity contribution in [1.29, 1.82) is 0 Å². The maximum atomic E-state index is 11.1. The Morgan fingerprint density at radius 2 is 1.28 bits per heavy atom. The summed E-state index contributed by atoms with van der Waals surface area (Å²) in [6.07, 6.45) is 8.38. The molecular formula is C14H31O3P. The summed E-state index contributed by atoms with van der Waals surface area (Å²) in [5.41, 5.74) is 0. The van der Waals surface area contributed by atoms with Gasteiger partial charge in [0.2, 0.25) is 0 Å². The Morgan fingerprint density at radius 3 is 1.50 bits per heavy atom. The zero-order chi connectivity index (χ0) is 14.1. The van der Waals surface area contributed by atoms with E-state index in [9.17, 15) is 4.79 Å². The molecule has 18 heavy (non-hydrogen) atoms. The summed E-state index contributed by atoms with van der Waals surface area (Å²) < 4.78 is 5.58. The molecule has 0 heterocycles. The van der Waals surface area contributed by atoms with E-state index < -0.39 is 13.0 Å². The minimum absolute atomic E-state index is 0.967. The zero-order valence-electron chi connectivity index (χ0n) is 12.6. The fourth-order valence-electron chi connectivity index (χ4n) is 2.53. The molecule has 0 fully saturated rings. The van der Waals surface area contributed by atoms with Crippen molar-refractivity contribution >= 4 is 13.0 Å². The SMILES string of the molecule is CCCCP(C)(CCCC)(CCCC)OC(=O)O. The second-order valence-electron chi connectivity index (χ2n) is 5.78. The molecular weight excluding hydrogens is 247 g/mol. The van der Waals surface area contributed by atoms with E-state index in [1.54, 1.807) is 0 Å². The van der Waals surface area contributed by atoms with Crippen LogP contribution in [0.25, 0.3) is 0 Å². The number of unbranched alkanes of at least 4 members (excludes halogenated alkanes) is 3. The molecule has 0 radical (unpaired) electrons. The second-order valence-corrected chi connectivity index (χ2v) is 11.7.